The molecule has 3 aromatic rings. The van der Waals surface area contributed by atoms with Gasteiger partial charge in [0.2, 0.25) is 5.95 Å². The number of fused-ring (bicyclic) bond motifs is 1. The first-order chi connectivity index (χ1) is 15.2. The lowest BCUT2D eigenvalue weighted by molar-refractivity contribution is 0.137. The summed E-state index contributed by atoms with van der Waals surface area (Å²) >= 11 is 0. The van der Waals surface area contributed by atoms with Gasteiger partial charge in [-0.25, -0.2) is 9.97 Å². The number of nitrogens with one attached hydrogen (secondary N) is 2. The van der Waals surface area contributed by atoms with Gasteiger partial charge in [0.05, 0.1) is 19.8 Å². The number of halogens is 2. The average Bonchev–Trinajstić information content (AvgIpc) is 3.12. The number of pyridine rings is 1. The topological polar surface area (TPSA) is 102 Å². The van der Waals surface area contributed by atoms with E-state index in [-0.39, 0.29) is 24.8 Å². The van der Waals surface area contributed by atoms with Gasteiger partial charge < -0.3 is 25.0 Å². The highest BCUT2D eigenvalue weighted by Crippen LogP contribution is 2.32. The van der Waals surface area contributed by atoms with Gasteiger partial charge in [-0.3, -0.25) is 4.68 Å². The molecule has 0 spiro atoms. The fourth-order valence-corrected chi connectivity index (χ4v) is 3.55. The summed E-state index contributed by atoms with van der Waals surface area (Å²) in [6, 6.07) is 3.95. The minimum atomic E-state index is 0. The summed E-state index contributed by atoms with van der Waals surface area (Å²) in [4.78, 5) is 16.4. The Kier molecular flexibility index (Phi) is 10.4. The van der Waals surface area contributed by atoms with Crippen molar-refractivity contribution in [2.45, 2.75) is 27.3 Å². The van der Waals surface area contributed by atoms with Gasteiger partial charge >= 0.3 is 0 Å². The Morgan fingerprint density at radius 3 is 2.61 bits per heavy atom. The first-order valence-electron chi connectivity index (χ1n) is 10.8. The van der Waals surface area contributed by atoms with E-state index >= 15 is 0 Å². The van der Waals surface area contributed by atoms with Crippen LogP contribution in [-0.4, -0.2) is 70.7 Å². The van der Waals surface area contributed by atoms with Gasteiger partial charge in [-0.2, -0.15) is 4.98 Å². The number of ether oxygens (including phenoxy) is 2. The van der Waals surface area contributed by atoms with E-state index in [9.17, 15) is 0 Å². The zero-order chi connectivity index (χ0) is 21.6. The van der Waals surface area contributed by atoms with E-state index in [1.807, 2.05) is 37.6 Å². The molecule has 0 saturated carbocycles. The summed E-state index contributed by atoms with van der Waals surface area (Å²) in [7, 11) is 0. The van der Waals surface area contributed by atoms with Crippen molar-refractivity contribution >= 4 is 53.4 Å². The number of anilines is 3. The van der Waals surface area contributed by atoms with Crippen molar-refractivity contribution < 1.29 is 9.47 Å². The lowest BCUT2D eigenvalue weighted by Crippen LogP contribution is -2.44. The molecule has 0 unspecified atom stereocenters. The van der Waals surface area contributed by atoms with Crippen molar-refractivity contribution in [1.82, 2.24) is 30.0 Å². The highest BCUT2D eigenvalue weighted by Gasteiger charge is 2.23. The number of nitrogens with zero attached hydrogens (tertiary/aromatic N) is 6. The molecule has 33 heavy (non-hydrogen) atoms. The summed E-state index contributed by atoms with van der Waals surface area (Å²) in [5, 5.41) is 11.4. The molecule has 4 heterocycles. The maximum absolute atomic E-state index is 5.84. The molecule has 10 nitrogen and oxygen atoms in total. The zero-order valence-electron chi connectivity index (χ0n) is 19.2. The van der Waals surface area contributed by atoms with Gasteiger partial charge in [-0.05, 0) is 38.5 Å². The molecule has 2 N–H and O–H groups in total. The first kappa shape index (κ1) is 26.8. The van der Waals surface area contributed by atoms with Gasteiger partial charge in [-0.15, -0.1) is 29.9 Å². The predicted molar refractivity (Wildman–Crippen MR) is 135 cm³/mol. The summed E-state index contributed by atoms with van der Waals surface area (Å²) in [5.41, 5.74) is 2.59. The molecule has 0 bridgehead atoms. The molecule has 0 amide bonds. The van der Waals surface area contributed by atoms with E-state index in [1.165, 1.54) is 0 Å². The molecule has 1 saturated heterocycles. The van der Waals surface area contributed by atoms with Gasteiger partial charge in [0.15, 0.2) is 11.3 Å². The van der Waals surface area contributed by atoms with Crippen molar-refractivity contribution in [2.75, 3.05) is 56.2 Å². The van der Waals surface area contributed by atoms with E-state index in [4.69, 9.17) is 19.4 Å². The fraction of sp³-hybridized carbons (Fsp3) is 0.524. The van der Waals surface area contributed by atoms with Crippen molar-refractivity contribution in [1.29, 1.82) is 0 Å². The van der Waals surface area contributed by atoms with Crippen LogP contribution in [0.1, 0.15) is 19.4 Å². The zero-order valence-corrected chi connectivity index (χ0v) is 20.8. The maximum Gasteiger partial charge on any atom is 0.259 e. The Bertz CT molecular complexity index is 1030. The minimum absolute atomic E-state index is 0. The number of hydrogen-bond donors (Lipinski definition) is 2. The third-order valence-electron chi connectivity index (χ3n) is 5.04. The fourth-order valence-electron chi connectivity index (χ4n) is 3.55. The van der Waals surface area contributed by atoms with Crippen LogP contribution >= 0.6 is 24.8 Å². The Labute approximate surface area is 206 Å². The van der Waals surface area contributed by atoms with Gasteiger partial charge in [0, 0.05) is 39.0 Å². The number of hydrogen-bond acceptors (Lipinski definition) is 9. The van der Waals surface area contributed by atoms with Crippen LogP contribution in [0.15, 0.2) is 18.3 Å². The summed E-state index contributed by atoms with van der Waals surface area (Å²) < 4.78 is 13.3. The van der Waals surface area contributed by atoms with E-state index in [0.29, 0.717) is 49.5 Å². The third kappa shape index (κ3) is 6.35. The minimum Gasteiger partial charge on any atom is -0.475 e. The van der Waals surface area contributed by atoms with Crippen LogP contribution < -0.4 is 20.3 Å². The lowest BCUT2D eigenvalue weighted by atomic mass is 10.3. The Hall–Kier alpha value is -2.40. The van der Waals surface area contributed by atoms with Gasteiger partial charge in [0.1, 0.15) is 11.3 Å². The third-order valence-corrected chi connectivity index (χ3v) is 5.04. The molecule has 1 fully saturated rings. The average molecular weight is 499 g/mol. The number of piperazine rings is 1. The van der Waals surface area contributed by atoms with Crippen LogP contribution in [-0.2, 0) is 11.3 Å². The SMILES string of the molecule is CCOCCn1nc(OCC)c2nc(N3CCNCC3)nc(Nc3cc(C)ccn3)c21.Cl.Cl. The Morgan fingerprint density at radius 2 is 1.91 bits per heavy atom. The quantitative estimate of drug-likeness (QED) is 0.430. The van der Waals surface area contributed by atoms with Crippen molar-refractivity contribution in [2.24, 2.45) is 0 Å². The van der Waals surface area contributed by atoms with Crippen LogP contribution in [0.3, 0.4) is 0 Å². The number of aromatic nitrogens is 5. The molecule has 0 radical (unpaired) electrons. The van der Waals surface area contributed by atoms with Crippen molar-refractivity contribution in [3.05, 3.63) is 23.9 Å². The van der Waals surface area contributed by atoms with E-state index in [1.54, 1.807) is 6.20 Å². The van der Waals surface area contributed by atoms with E-state index < -0.39 is 0 Å². The highest BCUT2D eigenvalue weighted by atomic mass is 35.5. The monoisotopic (exact) mass is 498 g/mol. The van der Waals surface area contributed by atoms with Gasteiger partial charge in [0.25, 0.3) is 5.88 Å². The second-order valence-electron chi connectivity index (χ2n) is 7.31. The molecule has 0 aliphatic carbocycles. The van der Waals surface area contributed by atoms with Crippen LogP contribution in [0.4, 0.5) is 17.6 Å². The summed E-state index contributed by atoms with van der Waals surface area (Å²) in [6.45, 7) is 11.7. The lowest BCUT2D eigenvalue weighted by Gasteiger charge is -2.27. The number of aryl methyl sites for hydroxylation is 1. The largest absolute Gasteiger partial charge is 0.475 e. The first-order valence-corrected chi connectivity index (χ1v) is 10.8. The Morgan fingerprint density at radius 1 is 1.12 bits per heavy atom. The molecular weight excluding hydrogens is 467 g/mol. The smallest absolute Gasteiger partial charge is 0.259 e. The summed E-state index contributed by atoms with van der Waals surface area (Å²) in [6.07, 6.45) is 1.78. The molecule has 12 heteroatoms. The normalized spacial score (nSPS) is 13.4. The van der Waals surface area contributed by atoms with Crippen molar-refractivity contribution in [3.63, 3.8) is 0 Å². The molecule has 182 valence electrons. The Balaban J connectivity index is 0.00000193. The molecule has 0 atom stereocenters. The van der Waals surface area contributed by atoms with E-state index in [2.05, 4.69) is 25.6 Å². The van der Waals surface area contributed by atoms with Crippen LogP contribution in [0.25, 0.3) is 11.0 Å². The maximum atomic E-state index is 5.84. The van der Waals surface area contributed by atoms with Gasteiger partial charge in [-0.1, -0.05) is 0 Å². The summed E-state index contributed by atoms with van der Waals surface area (Å²) in [5.74, 6) is 2.55. The molecule has 1 aliphatic rings. The highest BCUT2D eigenvalue weighted by molar-refractivity contribution is 5.92. The van der Waals surface area contributed by atoms with E-state index in [0.717, 1.165) is 43.1 Å². The van der Waals surface area contributed by atoms with Crippen LogP contribution in [0, 0.1) is 6.92 Å². The van der Waals surface area contributed by atoms with Crippen LogP contribution in [0.2, 0.25) is 0 Å². The van der Waals surface area contributed by atoms with Crippen molar-refractivity contribution in [3.8, 4) is 5.88 Å². The molecule has 3 aromatic heterocycles. The molecule has 0 aromatic carbocycles. The standard InChI is InChI=1S/C21H30N8O2.2ClH/c1-4-30-13-12-29-18-17(20(27-29)31-5-2)25-21(28-10-8-22-9-11-28)26-19(18)24-16-14-15(3)6-7-23-16;;/h6-7,14,22H,4-5,8-13H2,1-3H3,(H,23,24,25,26);2*1H. The predicted octanol–water partition coefficient (Wildman–Crippen LogP) is 2.96. The van der Waals surface area contributed by atoms with Crippen LogP contribution in [0.5, 0.6) is 5.88 Å². The second kappa shape index (κ2) is 12.7. The molecule has 1 aliphatic heterocycles. The second-order valence-corrected chi connectivity index (χ2v) is 7.31. The molecule has 4 rings (SSSR count). The molecular formula is C21H32Cl2N8O2. The number of rotatable bonds is 9.